The Labute approximate surface area is 137 Å². The van der Waals surface area contributed by atoms with Crippen LogP contribution in [-0.2, 0) is 13.5 Å². The molecule has 0 fully saturated rings. The molecule has 0 atom stereocenters. The quantitative estimate of drug-likeness (QED) is 0.478. The molecule has 1 aliphatic heterocycles. The van der Waals surface area contributed by atoms with Gasteiger partial charge in [0.05, 0.1) is 5.56 Å². The van der Waals surface area contributed by atoms with Gasteiger partial charge < -0.3 is 4.74 Å². The van der Waals surface area contributed by atoms with Gasteiger partial charge in [-0.15, -0.1) is 0 Å². The van der Waals surface area contributed by atoms with Crippen molar-refractivity contribution < 1.29 is 9.30 Å². The van der Waals surface area contributed by atoms with Crippen LogP contribution < -0.4 is 9.30 Å². The van der Waals surface area contributed by atoms with Crippen LogP contribution in [0.4, 0.5) is 0 Å². The number of hydrogen-bond acceptors (Lipinski definition) is 1. The molecule has 1 aliphatic rings. The number of aromatic nitrogens is 1. The lowest BCUT2D eigenvalue weighted by Crippen LogP contribution is -2.32. The second-order valence-electron chi connectivity index (χ2n) is 6.94. The Morgan fingerprint density at radius 1 is 1.09 bits per heavy atom. The largest absolute Gasteiger partial charge is 0.449 e. The lowest BCUT2D eigenvalue weighted by Gasteiger charge is -2.22. The second-order valence-corrected chi connectivity index (χ2v) is 6.94. The van der Waals surface area contributed by atoms with Crippen LogP contribution in [0.2, 0.25) is 0 Å². The van der Waals surface area contributed by atoms with E-state index in [1.807, 2.05) is 0 Å². The van der Waals surface area contributed by atoms with Crippen LogP contribution in [0.25, 0.3) is 22.0 Å². The highest BCUT2D eigenvalue weighted by Crippen LogP contribution is 2.47. The molecular weight excluding hydrogens is 282 g/mol. The van der Waals surface area contributed by atoms with Gasteiger partial charge in [0.25, 0.3) is 5.69 Å². The minimum Gasteiger partial charge on any atom is -0.449 e. The molecule has 2 heterocycles. The number of rotatable bonds is 2. The van der Waals surface area contributed by atoms with Gasteiger partial charge in [-0.25, -0.2) is 0 Å². The number of benzene rings is 2. The van der Waals surface area contributed by atoms with Gasteiger partial charge >= 0.3 is 0 Å². The third-order valence-corrected chi connectivity index (χ3v) is 4.65. The van der Waals surface area contributed by atoms with Crippen molar-refractivity contribution in [1.82, 2.24) is 0 Å². The van der Waals surface area contributed by atoms with Crippen molar-refractivity contribution >= 4 is 10.8 Å². The molecule has 2 aromatic carbocycles. The Morgan fingerprint density at radius 3 is 2.70 bits per heavy atom. The molecule has 23 heavy (non-hydrogen) atoms. The van der Waals surface area contributed by atoms with E-state index in [1.54, 1.807) is 0 Å². The van der Waals surface area contributed by atoms with Crippen molar-refractivity contribution in [3.05, 3.63) is 53.7 Å². The van der Waals surface area contributed by atoms with Crippen LogP contribution in [0.1, 0.15) is 25.0 Å². The number of hydrogen-bond donors (Lipinski definition) is 0. The maximum absolute atomic E-state index is 6.40. The molecule has 1 aromatic heterocycles. The minimum atomic E-state index is 0.601. The minimum absolute atomic E-state index is 0.601. The average Bonchev–Trinajstić information content (AvgIpc) is 2.52. The van der Waals surface area contributed by atoms with E-state index in [9.17, 15) is 0 Å². The van der Waals surface area contributed by atoms with E-state index in [0.29, 0.717) is 5.92 Å². The Balaban J connectivity index is 2.10. The van der Waals surface area contributed by atoms with Gasteiger partial charge in [-0.3, -0.25) is 0 Å². The molecule has 0 unspecified atom stereocenters. The van der Waals surface area contributed by atoms with Crippen LogP contribution in [0, 0.1) is 12.8 Å². The molecule has 0 radical (unpaired) electrons. The fourth-order valence-electron chi connectivity index (χ4n) is 3.62. The summed E-state index contributed by atoms with van der Waals surface area (Å²) in [6.45, 7) is 6.69. The van der Waals surface area contributed by atoms with Crippen molar-refractivity contribution in [3.63, 3.8) is 0 Å². The van der Waals surface area contributed by atoms with Gasteiger partial charge in [0.2, 0.25) is 5.75 Å². The van der Waals surface area contributed by atoms with Crippen molar-refractivity contribution in [2.24, 2.45) is 13.0 Å². The summed E-state index contributed by atoms with van der Waals surface area (Å²) in [5.74, 6) is 2.60. The van der Waals surface area contributed by atoms with E-state index >= 15 is 0 Å². The summed E-state index contributed by atoms with van der Waals surface area (Å²) < 4.78 is 8.59. The Morgan fingerprint density at radius 2 is 1.91 bits per heavy atom. The fraction of sp³-hybridized carbons (Fsp3) is 0.286. The summed E-state index contributed by atoms with van der Waals surface area (Å²) in [7, 11) is 2.10. The van der Waals surface area contributed by atoms with Crippen molar-refractivity contribution in [2.45, 2.75) is 27.2 Å². The Hall–Kier alpha value is -2.35. The predicted octanol–water partition coefficient (Wildman–Crippen LogP) is 4.94. The zero-order valence-electron chi connectivity index (χ0n) is 14.2. The number of ether oxygens (including phenoxy) is 1. The van der Waals surface area contributed by atoms with Crippen molar-refractivity contribution in [3.8, 4) is 22.8 Å². The highest BCUT2D eigenvalue weighted by atomic mass is 16.5. The van der Waals surface area contributed by atoms with Crippen LogP contribution in [0.5, 0.6) is 11.5 Å². The number of pyridine rings is 1. The lowest BCUT2D eigenvalue weighted by molar-refractivity contribution is -0.660. The first-order chi connectivity index (χ1) is 11.1. The molecule has 116 valence electrons. The monoisotopic (exact) mass is 304 g/mol. The molecule has 3 aromatic rings. The molecule has 2 nitrogen and oxygen atoms in total. The maximum atomic E-state index is 6.40. The highest BCUT2D eigenvalue weighted by Gasteiger charge is 2.31. The zero-order chi connectivity index (χ0) is 16.1. The topological polar surface area (TPSA) is 13.1 Å². The van der Waals surface area contributed by atoms with Crippen LogP contribution >= 0.6 is 0 Å². The van der Waals surface area contributed by atoms with Crippen LogP contribution in [-0.4, -0.2) is 0 Å². The number of aryl methyl sites for hydroxylation is 2. The van der Waals surface area contributed by atoms with Gasteiger partial charge in [-0.05, 0) is 36.3 Å². The number of nitrogens with zero attached hydrogens (tertiary/aromatic N) is 1. The maximum Gasteiger partial charge on any atom is 0.256 e. The van der Waals surface area contributed by atoms with Crippen LogP contribution in [0.3, 0.4) is 0 Å². The van der Waals surface area contributed by atoms with Crippen molar-refractivity contribution in [1.29, 1.82) is 0 Å². The van der Waals surface area contributed by atoms with E-state index in [4.69, 9.17) is 4.74 Å². The van der Waals surface area contributed by atoms with Crippen molar-refractivity contribution in [2.75, 3.05) is 0 Å². The molecule has 0 saturated carbocycles. The lowest BCUT2D eigenvalue weighted by atomic mass is 9.91. The van der Waals surface area contributed by atoms with E-state index in [2.05, 4.69) is 75.0 Å². The van der Waals surface area contributed by atoms with Gasteiger partial charge in [0, 0.05) is 17.0 Å². The second kappa shape index (κ2) is 5.09. The third-order valence-electron chi connectivity index (χ3n) is 4.65. The van der Waals surface area contributed by atoms with Gasteiger partial charge in [0.15, 0.2) is 6.20 Å². The zero-order valence-corrected chi connectivity index (χ0v) is 14.2. The number of fused-ring (bicyclic) bond motifs is 2. The molecule has 0 bridgehead atoms. The average molecular weight is 304 g/mol. The summed E-state index contributed by atoms with van der Waals surface area (Å²) in [6, 6.07) is 12.9. The molecule has 0 N–H and O–H groups in total. The van der Waals surface area contributed by atoms with Gasteiger partial charge in [-0.1, -0.05) is 38.1 Å². The first kappa shape index (κ1) is 14.3. The first-order valence-corrected chi connectivity index (χ1v) is 8.28. The van der Waals surface area contributed by atoms with Gasteiger partial charge in [-0.2, -0.15) is 4.57 Å². The van der Waals surface area contributed by atoms with E-state index < -0.39 is 0 Å². The highest BCUT2D eigenvalue weighted by molar-refractivity contribution is 6.04. The SMILES string of the molecule is Cc1ccc2cccc3c2c1-c1c(c(CC(C)C)cc[n+]1C)O3. The summed E-state index contributed by atoms with van der Waals surface area (Å²) >= 11 is 0. The smallest absolute Gasteiger partial charge is 0.256 e. The van der Waals surface area contributed by atoms with E-state index in [-0.39, 0.29) is 0 Å². The van der Waals surface area contributed by atoms with Gasteiger partial charge in [0.1, 0.15) is 12.8 Å². The predicted molar refractivity (Wildman–Crippen MR) is 93.9 cm³/mol. The summed E-state index contributed by atoms with van der Waals surface area (Å²) in [5, 5.41) is 2.47. The summed E-state index contributed by atoms with van der Waals surface area (Å²) in [4.78, 5) is 0. The summed E-state index contributed by atoms with van der Waals surface area (Å²) in [6.07, 6.45) is 3.19. The Kier molecular flexibility index (Phi) is 3.15. The molecule has 4 rings (SSSR count). The standard InChI is InChI=1S/C21H22NO/c1-13(2)12-16-10-11-22(4)20-18-14(3)8-9-15-6-5-7-17(19(15)18)23-21(16)20/h5-11,13H,12H2,1-4H3/q+1. The van der Waals surface area contributed by atoms with E-state index in [1.165, 1.54) is 33.2 Å². The molecule has 0 spiro atoms. The first-order valence-electron chi connectivity index (χ1n) is 8.28. The molecular formula is C21H22NO+. The normalized spacial score (nSPS) is 12.4. The Bertz CT molecular complexity index is 925. The molecule has 2 heteroatoms. The van der Waals surface area contributed by atoms with E-state index in [0.717, 1.165) is 17.9 Å². The molecule has 0 amide bonds. The third kappa shape index (κ3) is 2.13. The molecule has 0 aliphatic carbocycles. The van der Waals surface area contributed by atoms with Crippen LogP contribution in [0.15, 0.2) is 42.6 Å². The molecule has 0 saturated heterocycles. The summed E-state index contributed by atoms with van der Waals surface area (Å²) in [5.41, 5.74) is 5.10. The fourth-order valence-corrected chi connectivity index (χ4v) is 3.62.